The monoisotopic (exact) mass is 372 g/mol. The van der Waals surface area contributed by atoms with Gasteiger partial charge in [0.15, 0.2) is 5.76 Å². The van der Waals surface area contributed by atoms with Crippen molar-refractivity contribution in [1.82, 2.24) is 10.9 Å². The highest BCUT2D eigenvalue weighted by atomic mass is 19.1. The predicted octanol–water partition coefficient (Wildman–Crippen LogP) is 3.21. The van der Waals surface area contributed by atoms with Crippen LogP contribution in [0, 0.1) is 11.6 Å². The molecule has 1 aromatic heterocycles. The van der Waals surface area contributed by atoms with Gasteiger partial charge in [-0.2, -0.15) is 0 Å². The van der Waals surface area contributed by atoms with Crippen molar-refractivity contribution in [3.63, 3.8) is 0 Å². The predicted molar refractivity (Wildman–Crippen MR) is 90.8 cm³/mol. The average Bonchev–Trinajstić information content (AvgIpc) is 3.14. The Morgan fingerprint density at radius 1 is 0.852 bits per heavy atom. The topological polar surface area (TPSA) is 80.6 Å². The van der Waals surface area contributed by atoms with Crippen molar-refractivity contribution in [2.24, 2.45) is 0 Å². The summed E-state index contributed by atoms with van der Waals surface area (Å²) in [6.45, 7) is 0.101. The van der Waals surface area contributed by atoms with E-state index in [1.54, 1.807) is 12.1 Å². The minimum absolute atomic E-state index is 0.101. The fourth-order valence-electron chi connectivity index (χ4n) is 2.20. The lowest BCUT2D eigenvalue weighted by molar-refractivity contribution is 0.0824. The second kappa shape index (κ2) is 8.13. The van der Waals surface area contributed by atoms with Crippen molar-refractivity contribution in [2.45, 2.75) is 6.61 Å². The number of ether oxygens (including phenoxy) is 1. The summed E-state index contributed by atoms with van der Waals surface area (Å²) >= 11 is 0. The second-order valence-corrected chi connectivity index (χ2v) is 5.37. The van der Waals surface area contributed by atoms with Crippen LogP contribution < -0.4 is 15.6 Å². The fourth-order valence-corrected chi connectivity index (χ4v) is 2.20. The first kappa shape index (κ1) is 18.1. The summed E-state index contributed by atoms with van der Waals surface area (Å²) in [4.78, 5) is 23.8. The highest BCUT2D eigenvalue weighted by Crippen LogP contribution is 2.14. The van der Waals surface area contributed by atoms with Gasteiger partial charge in [0, 0.05) is 0 Å². The molecule has 6 nitrogen and oxygen atoms in total. The maximum Gasteiger partial charge on any atom is 0.305 e. The molecular weight excluding hydrogens is 358 g/mol. The largest absolute Gasteiger partial charge is 0.486 e. The van der Waals surface area contributed by atoms with Gasteiger partial charge in [0.1, 0.15) is 35.3 Å². The molecule has 0 fully saturated rings. The fraction of sp³-hybridized carbons (Fsp3) is 0.0526. The van der Waals surface area contributed by atoms with E-state index in [2.05, 4.69) is 0 Å². The summed E-state index contributed by atoms with van der Waals surface area (Å²) in [7, 11) is 0. The van der Waals surface area contributed by atoms with Gasteiger partial charge in [-0.3, -0.25) is 20.4 Å². The van der Waals surface area contributed by atoms with Crippen LogP contribution in [0.15, 0.2) is 65.1 Å². The first-order valence-electron chi connectivity index (χ1n) is 7.86. The maximum atomic E-state index is 13.5. The smallest absolute Gasteiger partial charge is 0.305 e. The number of furan rings is 1. The zero-order chi connectivity index (χ0) is 19.2. The van der Waals surface area contributed by atoms with E-state index < -0.39 is 29.0 Å². The number of carbonyl (C=O) groups is 2. The summed E-state index contributed by atoms with van der Waals surface area (Å²) in [5.41, 5.74) is 3.17. The number of halogens is 2. The van der Waals surface area contributed by atoms with Gasteiger partial charge in [-0.15, -0.1) is 0 Å². The average molecular weight is 372 g/mol. The SMILES string of the molecule is O=C(NNC(=O)c1c(F)cccc1F)c1ccc(COc2ccccc2)o1. The van der Waals surface area contributed by atoms with E-state index in [0.29, 0.717) is 11.5 Å². The van der Waals surface area contributed by atoms with E-state index in [1.807, 2.05) is 29.1 Å². The molecular formula is C19H14F2N2O4. The quantitative estimate of drug-likeness (QED) is 0.674. The van der Waals surface area contributed by atoms with Crippen LogP contribution in [0.2, 0.25) is 0 Å². The van der Waals surface area contributed by atoms with Crippen LogP contribution in [0.5, 0.6) is 5.75 Å². The van der Waals surface area contributed by atoms with E-state index in [4.69, 9.17) is 9.15 Å². The van der Waals surface area contributed by atoms with Crippen LogP contribution in [-0.4, -0.2) is 11.8 Å². The number of carbonyl (C=O) groups excluding carboxylic acids is 2. The Hall–Kier alpha value is -3.68. The molecule has 1 heterocycles. The van der Waals surface area contributed by atoms with Gasteiger partial charge < -0.3 is 9.15 Å². The Morgan fingerprint density at radius 3 is 2.22 bits per heavy atom. The van der Waals surface area contributed by atoms with Crippen LogP contribution in [-0.2, 0) is 6.61 Å². The van der Waals surface area contributed by atoms with Gasteiger partial charge in [0.05, 0.1) is 0 Å². The van der Waals surface area contributed by atoms with Crippen molar-refractivity contribution >= 4 is 11.8 Å². The summed E-state index contributed by atoms with van der Waals surface area (Å²) in [5.74, 6) is -3.07. The van der Waals surface area contributed by atoms with Crippen molar-refractivity contribution in [1.29, 1.82) is 0 Å². The zero-order valence-electron chi connectivity index (χ0n) is 13.9. The third-order valence-corrected chi connectivity index (χ3v) is 3.49. The number of nitrogens with one attached hydrogen (secondary N) is 2. The minimum atomic E-state index is -1.13. The van der Waals surface area contributed by atoms with Gasteiger partial charge in [-0.05, 0) is 36.4 Å². The van der Waals surface area contributed by atoms with Crippen LogP contribution in [0.1, 0.15) is 26.7 Å². The Kier molecular flexibility index (Phi) is 5.46. The molecule has 0 aliphatic heterocycles. The molecule has 2 N–H and O–H groups in total. The number of hydrogen-bond acceptors (Lipinski definition) is 4. The van der Waals surface area contributed by atoms with E-state index in [-0.39, 0.29) is 12.4 Å². The first-order valence-corrected chi connectivity index (χ1v) is 7.86. The highest BCUT2D eigenvalue weighted by Gasteiger charge is 2.18. The Morgan fingerprint density at radius 2 is 1.52 bits per heavy atom. The van der Waals surface area contributed by atoms with Gasteiger partial charge in [0.25, 0.3) is 5.91 Å². The number of hydrazine groups is 1. The Labute approximate surface area is 152 Å². The molecule has 2 amide bonds. The molecule has 8 heteroatoms. The normalized spacial score (nSPS) is 10.3. The first-order chi connectivity index (χ1) is 13.0. The third kappa shape index (κ3) is 4.49. The zero-order valence-corrected chi connectivity index (χ0v) is 13.9. The number of amides is 2. The lowest BCUT2D eigenvalue weighted by Crippen LogP contribution is -2.42. The standard InChI is InChI=1S/C19H14F2N2O4/c20-14-7-4-8-15(21)17(14)19(25)23-22-18(24)16-10-9-13(27-16)11-26-12-5-2-1-3-6-12/h1-10H,11H2,(H,22,24)(H,23,25). The van der Waals surface area contributed by atoms with E-state index >= 15 is 0 Å². The summed E-state index contributed by atoms with van der Waals surface area (Å²) in [6, 6.07) is 14.9. The van der Waals surface area contributed by atoms with Crippen LogP contribution in [0.4, 0.5) is 8.78 Å². The van der Waals surface area contributed by atoms with Gasteiger partial charge in [-0.25, -0.2) is 8.78 Å². The molecule has 138 valence electrons. The molecule has 0 bridgehead atoms. The molecule has 0 unspecified atom stereocenters. The lowest BCUT2D eigenvalue weighted by atomic mass is 10.2. The van der Waals surface area contributed by atoms with E-state index in [1.165, 1.54) is 12.1 Å². The molecule has 3 aromatic rings. The van der Waals surface area contributed by atoms with Crippen molar-refractivity contribution < 1.29 is 27.5 Å². The number of benzene rings is 2. The minimum Gasteiger partial charge on any atom is -0.486 e. The third-order valence-electron chi connectivity index (χ3n) is 3.49. The second-order valence-electron chi connectivity index (χ2n) is 5.37. The van der Waals surface area contributed by atoms with Gasteiger partial charge in [0.2, 0.25) is 0 Å². The van der Waals surface area contributed by atoms with Crippen molar-refractivity contribution in [3.8, 4) is 5.75 Å². The molecule has 0 saturated carbocycles. The Balaban J connectivity index is 1.56. The molecule has 0 aliphatic carbocycles. The van der Waals surface area contributed by atoms with Crippen molar-refractivity contribution in [2.75, 3.05) is 0 Å². The molecule has 2 aromatic carbocycles. The number of hydrogen-bond donors (Lipinski definition) is 2. The van der Waals surface area contributed by atoms with Crippen LogP contribution in [0.3, 0.4) is 0 Å². The molecule has 0 radical (unpaired) electrons. The summed E-state index contributed by atoms with van der Waals surface area (Å²) in [5, 5.41) is 0. The lowest BCUT2D eigenvalue weighted by Gasteiger charge is -2.07. The molecule has 0 saturated heterocycles. The molecule has 0 aliphatic rings. The van der Waals surface area contributed by atoms with Crippen LogP contribution in [0.25, 0.3) is 0 Å². The molecule has 3 rings (SSSR count). The van der Waals surface area contributed by atoms with Gasteiger partial charge in [-0.1, -0.05) is 24.3 Å². The Bertz CT molecular complexity index is 937. The molecule has 27 heavy (non-hydrogen) atoms. The summed E-state index contributed by atoms with van der Waals surface area (Å²) < 4.78 is 37.9. The maximum absolute atomic E-state index is 13.5. The van der Waals surface area contributed by atoms with E-state index in [0.717, 1.165) is 18.2 Å². The molecule has 0 spiro atoms. The van der Waals surface area contributed by atoms with Crippen LogP contribution >= 0.6 is 0 Å². The number of para-hydroxylation sites is 1. The molecule has 0 atom stereocenters. The number of rotatable bonds is 5. The highest BCUT2D eigenvalue weighted by molar-refractivity contribution is 5.98. The summed E-state index contributed by atoms with van der Waals surface area (Å²) in [6.07, 6.45) is 0. The van der Waals surface area contributed by atoms with Gasteiger partial charge >= 0.3 is 5.91 Å². The van der Waals surface area contributed by atoms with Crippen molar-refractivity contribution in [3.05, 3.63) is 89.4 Å². The van der Waals surface area contributed by atoms with E-state index in [9.17, 15) is 18.4 Å².